The lowest BCUT2D eigenvalue weighted by Crippen LogP contribution is -2.20. The number of nitrogens with two attached hydrogens (primary N) is 1. The van der Waals surface area contributed by atoms with Gasteiger partial charge in [0.15, 0.2) is 0 Å². The van der Waals surface area contributed by atoms with Crippen LogP contribution in [0, 0.1) is 0 Å². The maximum absolute atomic E-state index is 5.73. The molecule has 0 amide bonds. The van der Waals surface area contributed by atoms with Crippen molar-refractivity contribution in [1.29, 1.82) is 0 Å². The molecule has 0 radical (unpaired) electrons. The highest BCUT2D eigenvalue weighted by molar-refractivity contribution is 5.06. The fraction of sp³-hybridized carbons (Fsp3) is 0.833. The third kappa shape index (κ3) is 2.55. The summed E-state index contributed by atoms with van der Waals surface area (Å²) in [5.74, 6) is 2.15. The van der Waals surface area contributed by atoms with E-state index in [2.05, 4.69) is 21.7 Å². The van der Waals surface area contributed by atoms with E-state index in [9.17, 15) is 0 Å². The molecule has 1 fully saturated rings. The minimum Gasteiger partial charge on any atom is -0.383 e. The van der Waals surface area contributed by atoms with Crippen LogP contribution in [0.3, 0.4) is 0 Å². The van der Waals surface area contributed by atoms with E-state index in [1.54, 1.807) is 7.11 Å². The first kappa shape index (κ1) is 13.5. The summed E-state index contributed by atoms with van der Waals surface area (Å²) >= 11 is 0. The van der Waals surface area contributed by atoms with Gasteiger partial charge in [-0.2, -0.15) is 0 Å². The van der Waals surface area contributed by atoms with Gasteiger partial charge < -0.3 is 19.8 Å². The van der Waals surface area contributed by atoms with Crippen molar-refractivity contribution in [2.24, 2.45) is 5.73 Å². The summed E-state index contributed by atoms with van der Waals surface area (Å²) in [5, 5.41) is 8.50. The molecule has 1 aliphatic heterocycles. The fourth-order valence-electron chi connectivity index (χ4n) is 2.55. The second-order valence-corrected chi connectivity index (χ2v) is 4.54. The summed E-state index contributed by atoms with van der Waals surface area (Å²) in [6.07, 6.45) is 2.26. The maximum Gasteiger partial charge on any atom is 0.146 e. The van der Waals surface area contributed by atoms with Crippen molar-refractivity contribution in [3.8, 4) is 0 Å². The van der Waals surface area contributed by atoms with Gasteiger partial charge in [0.2, 0.25) is 0 Å². The van der Waals surface area contributed by atoms with Gasteiger partial charge in [-0.15, -0.1) is 10.2 Å². The number of aromatic nitrogens is 3. The Hall–Kier alpha value is -0.980. The molecule has 2 atom stereocenters. The number of rotatable bonds is 6. The van der Waals surface area contributed by atoms with Gasteiger partial charge in [-0.1, -0.05) is 6.92 Å². The highest BCUT2D eigenvalue weighted by Gasteiger charge is 2.32. The first-order valence-corrected chi connectivity index (χ1v) is 6.54. The Morgan fingerprint density at radius 1 is 1.50 bits per heavy atom. The smallest absolute Gasteiger partial charge is 0.146 e. The third-order valence-corrected chi connectivity index (χ3v) is 3.50. The highest BCUT2D eigenvalue weighted by Crippen LogP contribution is 2.32. The largest absolute Gasteiger partial charge is 0.383 e. The predicted molar refractivity (Wildman–Crippen MR) is 67.2 cm³/mol. The predicted octanol–water partition coefficient (Wildman–Crippen LogP) is 0.666. The van der Waals surface area contributed by atoms with Crippen LogP contribution in [0.15, 0.2) is 0 Å². The summed E-state index contributed by atoms with van der Waals surface area (Å²) < 4.78 is 13.0. The van der Waals surface area contributed by atoms with Crippen LogP contribution in [-0.2, 0) is 22.6 Å². The van der Waals surface area contributed by atoms with Gasteiger partial charge >= 0.3 is 0 Å². The third-order valence-electron chi connectivity index (χ3n) is 3.50. The molecule has 0 saturated carbocycles. The van der Waals surface area contributed by atoms with Crippen molar-refractivity contribution in [2.45, 2.75) is 44.9 Å². The first-order valence-electron chi connectivity index (χ1n) is 6.54. The number of nitrogens with zero attached hydrogens (tertiary/aromatic N) is 3. The maximum atomic E-state index is 5.73. The Balaban J connectivity index is 2.23. The van der Waals surface area contributed by atoms with Crippen LogP contribution in [-0.4, -0.2) is 41.2 Å². The zero-order valence-electron chi connectivity index (χ0n) is 11.1. The van der Waals surface area contributed by atoms with E-state index in [1.165, 1.54) is 0 Å². The first-order chi connectivity index (χ1) is 8.81. The molecule has 6 nitrogen and oxygen atoms in total. The zero-order valence-corrected chi connectivity index (χ0v) is 11.1. The Labute approximate surface area is 107 Å². The van der Waals surface area contributed by atoms with E-state index >= 15 is 0 Å². The molecule has 2 unspecified atom stereocenters. The van der Waals surface area contributed by atoms with Gasteiger partial charge in [0.25, 0.3) is 0 Å². The summed E-state index contributed by atoms with van der Waals surface area (Å²) in [6.45, 7) is 4.74. The van der Waals surface area contributed by atoms with Gasteiger partial charge in [0, 0.05) is 26.2 Å². The van der Waals surface area contributed by atoms with Crippen molar-refractivity contribution in [3.63, 3.8) is 0 Å². The van der Waals surface area contributed by atoms with Crippen LogP contribution in [0.5, 0.6) is 0 Å². The van der Waals surface area contributed by atoms with E-state index in [-0.39, 0.29) is 6.10 Å². The number of hydrogen-bond acceptors (Lipinski definition) is 5. The van der Waals surface area contributed by atoms with Crippen LogP contribution < -0.4 is 5.73 Å². The topological polar surface area (TPSA) is 75.2 Å². The fourth-order valence-corrected chi connectivity index (χ4v) is 2.55. The highest BCUT2D eigenvalue weighted by atomic mass is 16.5. The minimum atomic E-state index is 0.251. The minimum absolute atomic E-state index is 0.251. The molecule has 18 heavy (non-hydrogen) atoms. The van der Waals surface area contributed by atoms with Crippen molar-refractivity contribution < 1.29 is 9.47 Å². The molecule has 6 heteroatoms. The Kier molecular flexibility index (Phi) is 4.68. The molecular weight excluding hydrogens is 232 g/mol. The van der Waals surface area contributed by atoms with Gasteiger partial charge in [-0.05, 0) is 12.8 Å². The molecule has 0 spiro atoms. The van der Waals surface area contributed by atoms with Crippen molar-refractivity contribution >= 4 is 0 Å². The van der Waals surface area contributed by atoms with Gasteiger partial charge in [0.05, 0.1) is 19.3 Å². The lowest BCUT2D eigenvalue weighted by molar-refractivity contribution is 0.0983. The second kappa shape index (κ2) is 6.26. The van der Waals surface area contributed by atoms with Crippen molar-refractivity contribution in [1.82, 2.24) is 14.8 Å². The van der Waals surface area contributed by atoms with Crippen LogP contribution in [0.4, 0.5) is 0 Å². The molecule has 1 saturated heterocycles. The normalized spacial score (nSPS) is 23.7. The summed E-state index contributed by atoms with van der Waals surface area (Å²) in [4.78, 5) is 0. The zero-order chi connectivity index (χ0) is 13.0. The van der Waals surface area contributed by atoms with Gasteiger partial charge in [-0.3, -0.25) is 0 Å². The van der Waals surface area contributed by atoms with Crippen LogP contribution in [0.25, 0.3) is 0 Å². The summed E-state index contributed by atoms with van der Waals surface area (Å²) in [5.41, 5.74) is 5.71. The standard InChI is InChI=1S/C12H22N4O2/c1-3-10-9(4-6-18-10)12-15-14-11(8-13)16(12)5-7-17-2/h9-10H,3-8,13H2,1-2H3. The summed E-state index contributed by atoms with van der Waals surface area (Å²) in [7, 11) is 1.69. The van der Waals surface area contributed by atoms with Crippen LogP contribution >= 0.6 is 0 Å². The molecule has 1 aliphatic rings. The van der Waals surface area contributed by atoms with Crippen LogP contribution in [0.2, 0.25) is 0 Å². The quantitative estimate of drug-likeness (QED) is 0.807. The lowest BCUT2D eigenvalue weighted by Gasteiger charge is -2.17. The molecular formula is C12H22N4O2. The lowest BCUT2D eigenvalue weighted by atomic mass is 9.98. The molecule has 2 heterocycles. The Morgan fingerprint density at radius 3 is 3.00 bits per heavy atom. The summed E-state index contributed by atoms with van der Waals surface area (Å²) in [6, 6.07) is 0. The average molecular weight is 254 g/mol. The Bertz CT molecular complexity index is 380. The van der Waals surface area contributed by atoms with E-state index in [4.69, 9.17) is 15.2 Å². The van der Waals surface area contributed by atoms with E-state index < -0.39 is 0 Å². The van der Waals surface area contributed by atoms with Gasteiger partial charge in [0.1, 0.15) is 11.6 Å². The second-order valence-electron chi connectivity index (χ2n) is 4.54. The average Bonchev–Trinajstić information content (AvgIpc) is 3.01. The molecule has 0 aliphatic carbocycles. The van der Waals surface area contributed by atoms with Crippen LogP contribution in [0.1, 0.15) is 37.3 Å². The SMILES string of the molecule is CCC1OCCC1c1nnc(CN)n1CCOC. The van der Waals surface area contributed by atoms with Crippen molar-refractivity contribution in [2.75, 3.05) is 20.3 Å². The molecule has 2 N–H and O–H groups in total. The molecule has 1 aromatic heterocycles. The molecule has 102 valence electrons. The van der Waals surface area contributed by atoms with E-state index in [1.807, 2.05) is 0 Å². The van der Waals surface area contributed by atoms with Crippen molar-refractivity contribution in [3.05, 3.63) is 11.6 Å². The molecule has 0 bridgehead atoms. The molecule has 2 rings (SSSR count). The molecule has 0 aromatic carbocycles. The Morgan fingerprint density at radius 2 is 2.33 bits per heavy atom. The number of methoxy groups -OCH3 is 1. The van der Waals surface area contributed by atoms with E-state index in [0.717, 1.165) is 37.6 Å². The van der Waals surface area contributed by atoms with Gasteiger partial charge in [-0.25, -0.2) is 0 Å². The van der Waals surface area contributed by atoms with E-state index in [0.29, 0.717) is 19.1 Å². The number of ether oxygens (including phenoxy) is 2. The monoisotopic (exact) mass is 254 g/mol. The number of hydrogen-bond donors (Lipinski definition) is 1. The molecule has 1 aromatic rings.